The van der Waals surface area contributed by atoms with E-state index >= 15 is 0 Å². The van der Waals surface area contributed by atoms with Crippen LogP contribution in [-0.2, 0) is 19.1 Å². The number of carbonyl (C=O) groups excluding carboxylic acids is 2. The molecule has 0 aliphatic heterocycles. The van der Waals surface area contributed by atoms with Crippen molar-refractivity contribution in [2.24, 2.45) is 46.3 Å². The van der Waals surface area contributed by atoms with Gasteiger partial charge in [-0.2, -0.15) is 79.0 Å². The number of ether oxygens (including phenoxy) is 2. The average Bonchev–Trinajstić information content (AvgIpc) is 3.00. The molecule has 0 aromatic heterocycles. The van der Waals surface area contributed by atoms with E-state index in [-0.39, 0.29) is 11.8 Å². The number of hydrogen-bond acceptors (Lipinski definition) is 5. The topological polar surface area (TPSA) is 72.8 Å². The molecule has 1 N–H and O–H groups in total. The lowest BCUT2D eigenvalue weighted by atomic mass is 9.50. The summed E-state index contributed by atoms with van der Waals surface area (Å²) in [5, 5.41) is 9.65. The van der Waals surface area contributed by atoms with Gasteiger partial charge in [0.15, 0.2) is 10.8 Å². The van der Waals surface area contributed by atoms with Gasteiger partial charge in [0, 0.05) is 11.8 Å². The van der Waals surface area contributed by atoms with Crippen molar-refractivity contribution in [3.8, 4) is 0 Å². The summed E-state index contributed by atoms with van der Waals surface area (Å²) in [6, 6.07) is 0. The summed E-state index contributed by atoms with van der Waals surface area (Å²) in [4.78, 5) is 27.0. The largest absolute Gasteiger partial charge is 0.458 e. The fraction of sp³-hybridized carbons (Fsp3) is 0.939. The Morgan fingerprint density at radius 2 is 0.982 bits per heavy atom. The minimum absolute atomic E-state index is 0.129. The van der Waals surface area contributed by atoms with E-state index in [4.69, 9.17) is 4.74 Å². The second-order valence-corrected chi connectivity index (χ2v) is 16.2. The zero-order valence-corrected chi connectivity index (χ0v) is 29.6. The van der Waals surface area contributed by atoms with Crippen molar-refractivity contribution in [2.45, 2.75) is 145 Å². The molecule has 0 spiro atoms. The van der Waals surface area contributed by atoms with E-state index in [0.29, 0.717) is 32.6 Å². The van der Waals surface area contributed by atoms with E-state index in [1.165, 1.54) is 6.92 Å². The highest BCUT2D eigenvalue weighted by molar-refractivity contribution is 5.83. The highest BCUT2D eigenvalue weighted by Crippen LogP contribution is 2.63. The summed E-state index contributed by atoms with van der Waals surface area (Å²) in [6.07, 6.45) is -49.9. The van der Waals surface area contributed by atoms with Crippen molar-refractivity contribution >= 4 is 11.9 Å². The molecule has 5 aliphatic rings. The summed E-state index contributed by atoms with van der Waals surface area (Å²) in [5.74, 6) is -13.4. The quantitative estimate of drug-likeness (QED) is 0.185. The number of rotatable bonds is 9. The molecule has 2 unspecified atom stereocenters. The third kappa shape index (κ3) is 7.09. The number of aliphatic hydroxyl groups is 1. The van der Waals surface area contributed by atoms with Gasteiger partial charge in [-0.05, 0) is 108 Å². The molecule has 5 fully saturated rings. The normalized spacial score (nSPS) is 31.8. The van der Waals surface area contributed by atoms with Crippen molar-refractivity contribution in [1.29, 1.82) is 0 Å². The van der Waals surface area contributed by atoms with E-state index in [2.05, 4.69) is 4.74 Å². The molecular formula is C33H38F18O5. The molecule has 5 aliphatic carbocycles. The number of halogens is 18. The van der Waals surface area contributed by atoms with Gasteiger partial charge >= 0.3 is 54.6 Å². The highest BCUT2D eigenvalue weighted by Gasteiger charge is 2.81. The molecule has 5 nitrogen and oxygen atoms in total. The number of hydrogen-bond donors (Lipinski definition) is 1. The standard InChI is InChI=1S/C33H38F18O5/c1-4-25(29(37,38)39,22(53)55-24(3)19-10-15-9-16(12-19)13-20(24)11-15)14-23(2,28(34,35)36)21(52)56-27(32(46,47)48,33(49,50)51)18-7-5-17(6-8-18)26(54,30(40,41)42)31(43,44)45/h15-20,54H,4-14H2,1-3H3. The molecule has 23 heteroatoms. The summed E-state index contributed by atoms with van der Waals surface area (Å²) in [5.41, 5.74) is -22.9. The summed E-state index contributed by atoms with van der Waals surface area (Å²) >= 11 is 0. The smallest absolute Gasteiger partial charge is 0.437 e. The fourth-order valence-corrected chi connectivity index (χ4v) is 9.86. The van der Waals surface area contributed by atoms with Crippen LogP contribution >= 0.6 is 0 Å². The molecule has 0 saturated heterocycles. The summed E-state index contributed by atoms with van der Waals surface area (Å²) in [7, 11) is 0. The van der Waals surface area contributed by atoms with Gasteiger partial charge in [0.25, 0.3) is 5.60 Å². The molecule has 0 aromatic rings. The Labute approximate surface area is 307 Å². The first kappa shape index (κ1) is 46.3. The lowest BCUT2D eigenvalue weighted by molar-refractivity contribution is -0.401. The van der Waals surface area contributed by atoms with Crippen LogP contribution in [0.5, 0.6) is 0 Å². The first-order valence-electron chi connectivity index (χ1n) is 17.5. The lowest BCUT2D eigenvalue weighted by Gasteiger charge is -2.59. The Morgan fingerprint density at radius 3 is 1.30 bits per heavy atom. The van der Waals surface area contributed by atoms with Gasteiger partial charge in [-0.25, -0.2) is 0 Å². The van der Waals surface area contributed by atoms with Crippen LogP contribution in [0, 0.1) is 46.3 Å². The second-order valence-electron chi connectivity index (χ2n) is 16.2. The van der Waals surface area contributed by atoms with E-state index in [1.54, 1.807) is 0 Å². The van der Waals surface area contributed by atoms with Crippen LogP contribution in [0.15, 0.2) is 0 Å². The van der Waals surface area contributed by atoms with E-state index in [1.807, 2.05) is 0 Å². The third-order valence-corrected chi connectivity index (χ3v) is 13.2. The van der Waals surface area contributed by atoms with Gasteiger partial charge in [-0.3, -0.25) is 9.59 Å². The maximum atomic E-state index is 15.0. The molecule has 0 heterocycles. The zero-order valence-electron chi connectivity index (χ0n) is 29.6. The first-order chi connectivity index (χ1) is 24.9. The van der Waals surface area contributed by atoms with Crippen molar-refractivity contribution in [1.82, 2.24) is 0 Å². The third-order valence-electron chi connectivity index (χ3n) is 13.2. The number of esters is 2. The first-order valence-corrected chi connectivity index (χ1v) is 17.5. The predicted octanol–water partition coefficient (Wildman–Crippen LogP) is 10.7. The second kappa shape index (κ2) is 13.9. The molecule has 4 bridgehead atoms. The Hall–Kier alpha value is -2.36. The molecular weight excluding hydrogens is 818 g/mol. The predicted molar refractivity (Wildman–Crippen MR) is 153 cm³/mol. The Morgan fingerprint density at radius 1 is 0.589 bits per heavy atom. The van der Waals surface area contributed by atoms with Crippen molar-refractivity contribution in [3.05, 3.63) is 0 Å². The maximum Gasteiger partial charge on any atom is 0.437 e. The number of carbonyl (C=O) groups is 2. The SMILES string of the molecule is CCC(CC(C)(C(=O)OC(C1CCC(C(O)(C(F)(F)F)C(F)(F)F)CC1)(C(F)(F)F)C(F)(F)F)C(F)(F)F)(C(=O)OC1(C)C2CC3CC(C2)CC1C3)C(F)(F)F. The molecule has 5 rings (SSSR count). The molecule has 0 aromatic carbocycles. The van der Waals surface area contributed by atoms with Gasteiger partial charge in [0.1, 0.15) is 5.60 Å². The molecule has 2 atom stereocenters. The van der Waals surface area contributed by atoms with Gasteiger partial charge in [0.05, 0.1) is 0 Å². The Balaban J connectivity index is 1.76. The van der Waals surface area contributed by atoms with Crippen LogP contribution in [0.25, 0.3) is 0 Å². The average molecular weight is 857 g/mol. The molecule has 0 amide bonds. The molecule has 5 saturated carbocycles. The van der Waals surface area contributed by atoms with E-state index in [9.17, 15) is 93.7 Å². The minimum atomic E-state index is -7.05. The van der Waals surface area contributed by atoms with Crippen molar-refractivity contribution in [2.75, 3.05) is 0 Å². The van der Waals surface area contributed by atoms with Crippen molar-refractivity contribution in [3.63, 3.8) is 0 Å². The maximum absolute atomic E-state index is 15.0. The molecule has 0 radical (unpaired) electrons. The Kier molecular flexibility index (Phi) is 11.5. The molecule has 326 valence electrons. The van der Waals surface area contributed by atoms with Crippen LogP contribution in [0.4, 0.5) is 79.0 Å². The lowest BCUT2D eigenvalue weighted by Crippen LogP contribution is -2.67. The Bertz CT molecular complexity index is 1410. The van der Waals surface area contributed by atoms with Crippen LogP contribution in [0.1, 0.15) is 91.4 Å². The van der Waals surface area contributed by atoms with Crippen LogP contribution in [0.2, 0.25) is 0 Å². The van der Waals surface area contributed by atoms with Gasteiger partial charge < -0.3 is 14.6 Å². The van der Waals surface area contributed by atoms with E-state index < -0.39 is 146 Å². The fourth-order valence-electron chi connectivity index (χ4n) is 9.86. The van der Waals surface area contributed by atoms with E-state index in [0.717, 1.165) is 6.42 Å². The zero-order chi connectivity index (χ0) is 43.3. The van der Waals surface area contributed by atoms with Crippen LogP contribution in [0.3, 0.4) is 0 Å². The van der Waals surface area contributed by atoms with Gasteiger partial charge in [0.2, 0.25) is 0 Å². The monoisotopic (exact) mass is 856 g/mol. The van der Waals surface area contributed by atoms with Gasteiger partial charge in [-0.1, -0.05) is 6.92 Å². The number of alkyl halides is 18. The summed E-state index contributed by atoms with van der Waals surface area (Å²) in [6.45, 7) is 1.28. The summed E-state index contributed by atoms with van der Waals surface area (Å²) < 4.78 is 267. The van der Waals surface area contributed by atoms with Gasteiger partial charge in [-0.15, -0.1) is 0 Å². The highest BCUT2D eigenvalue weighted by atomic mass is 19.4. The minimum Gasteiger partial charge on any atom is -0.458 e. The van der Waals surface area contributed by atoms with Crippen LogP contribution in [-0.4, -0.2) is 70.9 Å². The van der Waals surface area contributed by atoms with Crippen LogP contribution < -0.4 is 0 Å². The molecule has 56 heavy (non-hydrogen) atoms. The van der Waals surface area contributed by atoms with Crippen molar-refractivity contribution < 1.29 is 103 Å².